The molecule has 0 fully saturated rings. The van der Waals surface area contributed by atoms with E-state index in [1.54, 1.807) is 18.2 Å². The summed E-state index contributed by atoms with van der Waals surface area (Å²) in [4.78, 5) is 11.5. The van der Waals surface area contributed by atoms with Gasteiger partial charge < -0.3 is 9.47 Å². The van der Waals surface area contributed by atoms with Crippen LogP contribution in [-0.2, 0) is 4.74 Å². The van der Waals surface area contributed by atoms with Crippen LogP contribution in [0.15, 0.2) is 42.5 Å². The van der Waals surface area contributed by atoms with E-state index in [1.165, 1.54) is 24.3 Å². The maximum Gasteiger partial charge on any atom is 0.411 e. The fourth-order valence-electron chi connectivity index (χ4n) is 1.58. The molecule has 0 atom stereocenters. The highest BCUT2D eigenvalue weighted by Gasteiger charge is 2.05. The van der Waals surface area contributed by atoms with E-state index in [-0.39, 0.29) is 13.2 Å². The second-order valence-electron chi connectivity index (χ2n) is 4.20. The normalized spacial score (nSPS) is 10.1. The summed E-state index contributed by atoms with van der Waals surface area (Å²) in [6.45, 7) is 0.127. The standard InChI is InChI=1S/C15H12Cl2FNO3/c16-13-5-4-11(9-14(13)17)19-15(20)22-7-6-21-12-3-1-2-10(18)8-12/h1-5,8-9H,6-7H2,(H,19,20). The molecule has 0 aliphatic rings. The molecule has 116 valence electrons. The Morgan fingerprint density at radius 3 is 2.64 bits per heavy atom. The van der Waals surface area contributed by atoms with Gasteiger partial charge in [0.25, 0.3) is 0 Å². The Bertz CT molecular complexity index is 667. The van der Waals surface area contributed by atoms with Crippen LogP contribution in [0.2, 0.25) is 10.0 Å². The number of halogens is 3. The van der Waals surface area contributed by atoms with Gasteiger partial charge >= 0.3 is 6.09 Å². The number of anilines is 1. The molecule has 7 heteroatoms. The van der Waals surface area contributed by atoms with Gasteiger partial charge in [-0.3, -0.25) is 5.32 Å². The van der Waals surface area contributed by atoms with Crippen LogP contribution in [0.1, 0.15) is 0 Å². The Morgan fingerprint density at radius 1 is 1.09 bits per heavy atom. The van der Waals surface area contributed by atoms with Gasteiger partial charge in [-0.05, 0) is 30.3 Å². The van der Waals surface area contributed by atoms with Gasteiger partial charge in [0.05, 0.1) is 10.0 Å². The second-order valence-corrected chi connectivity index (χ2v) is 5.01. The summed E-state index contributed by atoms with van der Waals surface area (Å²) in [5.74, 6) is -0.0238. The third-order valence-electron chi connectivity index (χ3n) is 2.55. The summed E-state index contributed by atoms with van der Waals surface area (Å²) < 4.78 is 23.1. The molecule has 2 aromatic rings. The van der Waals surface area contributed by atoms with Crippen LogP contribution >= 0.6 is 23.2 Å². The minimum atomic E-state index is -0.652. The molecule has 0 spiro atoms. The molecule has 1 N–H and O–H groups in total. The van der Waals surface area contributed by atoms with Crippen molar-refractivity contribution in [1.82, 2.24) is 0 Å². The number of rotatable bonds is 5. The maximum atomic E-state index is 12.9. The molecule has 2 aromatic carbocycles. The number of carbonyl (C=O) groups excluding carboxylic acids is 1. The molecule has 0 saturated carbocycles. The van der Waals surface area contributed by atoms with E-state index in [1.807, 2.05) is 0 Å². The smallest absolute Gasteiger partial charge is 0.411 e. The molecule has 0 bridgehead atoms. The quantitative estimate of drug-likeness (QED) is 0.796. The van der Waals surface area contributed by atoms with Crippen LogP contribution in [0.3, 0.4) is 0 Å². The maximum absolute atomic E-state index is 12.9. The number of hydrogen-bond acceptors (Lipinski definition) is 3. The lowest BCUT2D eigenvalue weighted by Gasteiger charge is -2.09. The SMILES string of the molecule is O=C(Nc1ccc(Cl)c(Cl)c1)OCCOc1cccc(F)c1. The Hall–Kier alpha value is -1.98. The van der Waals surface area contributed by atoms with Crippen LogP contribution in [0, 0.1) is 5.82 Å². The molecule has 0 aliphatic heterocycles. The van der Waals surface area contributed by atoms with Gasteiger partial charge in [-0.15, -0.1) is 0 Å². The first kappa shape index (κ1) is 16.4. The molecule has 0 aliphatic carbocycles. The summed E-state index contributed by atoms with van der Waals surface area (Å²) in [6, 6.07) is 10.4. The molecule has 0 heterocycles. The van der Waals surface area contributed by atoms with Gasteiger partial charge in [-0.2, -0.15) is 0 Å². The van der Waals surface area contributed by atoms with E-state index in [0.717, 1.165) is 0 Å². The van der Waals surface area contributed by atoms with Crippen molar-refractivity contribution in [3.05, 3.63) is 58.3 Å². The number of hydrogen-bond donors (Lipinski definition) is 1. The minimum Gasteiger partial charge on any atom is -0.490 e. The molecule has 1 amide bonds. The monoisotopic (exact) mass is 343 g/mol. The molecule has 22 heavy (non-hydrogen) atoms. The predicted octanol–water partition coefficient (Wildman–Crippen LogP) is 4.76. The zero-order valence-electron chi connectivity index (χ0n) is 11.3. The van der Waals surface area contributed by atoms with Gasteiger partial charge in [0.15, 0.2) is 0 Å². The lowest BCUT2D eigenvalue weighted by molar-refractivity contribution is 0.137. The average Bonchev–Trinajstić information content (AvgIpc) is 2.48. The Morgan fingerprint density at radius 2 is 1.91 bits per heavy atom. The Labute approximate surface area is 136 Å². The highest BCUT2D eigenvalue weighted by Crippen LogP contribution is 2.25. The van der Waals surface area contributed by atoms with Gasteiger partial charge in [-0.25, -0.2) is 9.18 Å². The Balaban J connectivity index is 1.72. The van der Waals surface area contributed by atoms with E-state index < -0.39 is 11.9 Å². The van der Waals surface area contributed by atoms with E-state index in [9.17, 15) is 9.18 Å². The first-order valence-electron chi connectivity index (χ1n) is 6.32. The first-order chi connectivity index (χ1) is 10.5. The third kappa shape index (κ3) is 5.09. The van der Waals surface area contributed by atoms with E-state index >= 15 is 0 Å². The van der Waals surface area contributed by atoms with Crippen molar-refractivity contribution in [3.63, 3.8) is 0 Å². The number of ether oxygens (including phenoxy) is 2. The number of benzene rings is 2. The Kier molecular flexibility index (Phi) is 5.86. The van der Waals surface area contributed by atoms with E-state index in [4.69, 9.17) is 32.7 Å². The third-order valence-corrected chi connectivity index (χ3v) is 3.29. The van der Waals surface area contributed by atoms with Crippen molar-refractivity contribution in [2.45, 2.75) is 0 Å². The van der Waals surface area contributed by atoms with Gasteiger partial charge in [0.2, 0.25) is 0 Å². The highest BCUT2D eigenvalue weighted by molar-refractivity contribution is 6.42. The summed E-state index contributed by atoms with van der Waals surface area (Å²) in [7, 11) is 0. The van der Waals surface area contributed by atoms with Crippen LogP contribution < -0.4 is 10.1 Å². The molecular weight excluding hydrogens is 332 g/mol. The average molecular weight is 344 g/mol. The summed E-state index contributed by atoms with van der Waals surface area (Å²) >= 11 is 11.6. The largest absolute Gasteiger partial charge is 0.490 e. The fourth-order valence-corrected chi connectivity index (χ4v) is 1.88. The van der Waals surface area contributed by atoms with Crippen molar-refractivity contribution in [2.24, 2.45) is 0 Å². The second kappa shape index (κ2) is 7.87. The van der Waals surface area contributed by atoms with Crippen molar-refractivity contribution >= 4 is 35.0 Å². The van der Waals surface area contributed by atoms with Crippen molar-refractivity contribution < 1.29 is 18.7 Å². The minimum absolute atomic E-state index is 0.0175. The molecular formula is C15H12Cl2FNO3. The van der Waals surface area contributed by atoms with Gasteiger partial charge in [-0.1, -0.05) is 29.3 Å². The molecule has 0 unspecified atom stereocenters. The summed E-state index contributed by atoms with van der Waals surface area (Å²) in [5.41, 5.74) is 0.463. The van der Waals surface area contributed by atoms with Gasteiger partial charge in [0, 0.05) is 11.8 Å². The molecule has 0 radical (unpaired) electrons. The number of carbonyl (C=O) groups is 1. The van der Waals surface area contributed by atoms with Crippen LogP contribution in [0.4, 0.5) is 14.9 Å². The fraction of sp³-hybridized carbons (Fsp3) is 0.133. The summed E-state index contributed by atoms with van der Waals surface area (Å²) in [6.07, 6.45) is -0.652. The van der Waals surface area contributed by atoms with Crippen LogP contribution in [0.25, 0.3) is 0 Å². The highest BCUT2D eigenvalue weighted by atomic mass is 35.5. The first-order valence-corrected chi connectivity index (χ1v) is 7.07. The number of nitrogens with one attached hydrogen (secondary N) is 1. The van der Waals surface area contributed by atoms with Crippen LogP contribution in [-0.4, -0.2) is 19.3 Å². The zero-order valence-corrected chi connectivity index (χ0v) is 12.8. The lowest BCUT2D eigenvalue weighted by Crippen LogP contribution is -2.17. The van der Waals surface area contributed by atoms with Gasteiger partial charge in [0.1, 0.15) is 24.8 Å². The molecule has 2 rings (SSSR count). The van der Waals surface area contributed by atoms with Crippen LogP contribution in [0.5, 0.6) is 5.75 Å². The molecule has 4 nitrogen and oxygen atoms in total. The van der Waals surface area contributed by atoms with Crippen molar-refractivity contribution in [3.8, 4) is 5.75 Å². The molecule has 0 saturated heterocycles. The zero-order chi connectivity index (χ0) is 15.9. The lowest BCUT2D eigenvalue weighted by atomic mass is 10.3. The number of amides is 1. The molecule has 0 aromatic heterocycles. The van der Waals surface area contributed by atoms with Crippen molar-refractivity contribution in [1.29, 1.82) is 0 Å². The summed E-state index contributed by atoms with van der Waals surface area (Å²) in [5, 5.41) is 3.22. The topological polar surface area (TPSA) is 47.6 Å². The van der Waals surface area contributed by atoms with E-state index in [0.29, 0.717) is 21.5 Å². The van der Waals surface area contributed by atoms with E-state index in [2.05, 4.69) is 5.32 Å². The predicted molar refractivity (Wildman–Crippen MR) is 83.3 cm³/mol. The van der Waals surface area contributed by atoms with Crippen molar-refractivity contribution in [2.75, 3.05) is 18.5 Å².